The van der Waals surface area contributed by atoms with Gasteiger partial charge in [-0.05, 0) is 25.0 Å². The van der Waals surface area contributed by atoms with Crippen LogP contribution in [0.15, 0.2) is 29.3 Å². The Labute approximate surface area is 99.0 Å². The fourth-order valence-electron chi connectivity index (χ4n) is 1.80. The number of aryl methyl sites for hydroxylation is 2. The van der Waals surface area contributed by atoms with Crippen molar-refractivity contribution < 1.29 is 0 Å². The number of rotatable bonds is 2. The summed E-state index contributed by atoms with van der Waals surface area (Å²) >= 11 is 0. The summed E-state index contributed by atoms with van der Waals surface area (Å²) in [6, 6.07) is 5.85. The van der Waals surface area contributed by atoms with E-state index in [2.05, 4.69) is 9.97 Å². The van der Waals surface area contributed by atoms with Crippen LogP contribution in [0.1, 0.15) is 17.0 Å². The van der Waals surface area contributed by atoms with Crippen molar-refractivity contribution in [1.29, 1.82) is 0 Å². The van der Waals surface area contributed by atoms with Crippen molar-refractivity contribution in [2.24, 2.45) is 5.73 Å². The van der Waals surface area contributed by atoms with E-state index in [9.17, 15) is 4.79 Å². The fourth-order valence-corrected chi connectivity index (χ4v) is 1.80. The van der Waals surface area contributed by atoms with Gasteiger partial charge in [-0.1, -0.05) is 18.2 Å². The van der Waals surface area contributed by atoms with Gasteiger partial charge in [0, 0.05) is 0 Å². The number of benzene rings is 1. The molecule has 0 fully saturated rings. The summed E-state index contributed by atoms with van der Waals surface area (Å²) < 4.78 is 1.45. The lowest BCUT2D eigenvalue weighted by molar-refractivity contribution is 0.781. The molecule has 0 aliphatic heterocycles. The third kappa shape index (κ3) is 2.09. The van der Waals surface area contributed by atoms with E-state index in [4.69, 9.17) is 5.73 Å². The predicted octanol–water partition coefficient (Wildman–Crippen LogP) is 0.703. The molecule has 0 aliphatic carbocycles. The van der Waals surface area contributed by atoms with Gasteiger partial charge in [-0.2, -0.15) is 4.98 Å². The minimum atomic E-state index is -0.349. The molecule has 0 amide bonds. The second kappa shape index (κ2) is 4.47. The standard InChI is InChI=1S/C12H14N4O/c1-8-4-3-5-9(2)11(8)16-7-14-10(6-13)15-12(16)17/h3-5,7H,6,13H2,1-2H3. The smallest absolute Gasteiger partial charge is 0.324 e. The molecule has 0 saturated heterocycles. The van der Waals surface area contributed by atoms with Crippen LogP contribution in [0.4, 0.5) is 0 Å². The molecular formula is C12H14N4O. The lowest BCUT2D eigenvalue weighted by atomic mass is 10.1. The lowest BCUT2D eigenvalue weighted by Crippen LogP contribution is -2.25. The summed E-state index contributed by atoms with van der Waals surface area (Å²) in [4.78, 5) is 19.7. The summed E-state index contributed by atoms with van der Waals surface area (Å²) in [5.74, 6) is 0.359. The molecule has 2 N–H and O–H groups in total. The van der Waals surface area contributed by atoms with Crippen LogP contribution < -0.4 is 11.4 Å². The molecule has 1 aromatic carbocycles. The summed E-state index contributed by atoms with van der Waals surface area (Å²) in [6.07, 6.45) is 1.48. The van der Waals surface area contributed by atoms with Crippen LogP contribution in [-0.2, 0) is 6.54 Å². The van der Waals surface area contributed by atoms with Crippen LogP contribution in [0.25, 0.3) is 5.69 Å². The van der Waals surface area contributed by atoms with E-state index >= 15 is 0 Å². The second-order valence-electron chi connectivity index (χ2n) is 3.87. The van der Waals surface area contributed by atoms with E-state index < -0.39 is 0 Å². The number of hydrogen-bond acceptors (Lipinski definition) is 4. The average molecular weight is 230 g/mol. The van der Waals surface area contributed by atoms with Crippen LogP contribution in [0.3, 0.4) is 0 Å². The maximum atomic E-state index is 11.9. The third-order valence-electron chi connectivity index (χ3n) is 2.62. The molecule has 0 spiro atoms. The van der Waals surface area contributed by atoms with E-state index in [0.717, 1.165) is 16.8 Å². The number of para-hydroxylation sites is 1. The molecule has 0 radical (unpaired) electrons. The molecule has 0 atom stereocenters. The monoisotopic (exact) mass is 230 g/mol. The van der Waals surface area contributed by atoms with E-state index in [0.29, 0.717) is 5.82 Å². The van der Waals surface area contributed by atoms with Gasteiger partial charge in [-0.25, -0.2) is 9.78 Å². The number of aromatic nitrogens is 3. The van der Waals surface area contributed by atoms with Crippen molar-refractivity contribution in [3.8, 4) is 5.69 Å². The molecule has 0 aliphatic rings. The number of nitrogens with zero attached hydrogens (tertiary/aromatic N) is 3. The highest BCUT2D eigenvalue weighted by atomic mass is 16.1. The normalized spacial score (nSPS) is 10.5. The highest BCUT2D eigenvalue weighted by Crippen LogP contribution is 2.15. The van der Waals surface area contributed by atoms with Crippen LogP contribution in [0.5, 0.6) is 0 Å². The summed E-state index contributed by atoms with van der Waals surface area (Å²) in [6.45, 7) is 4.07. The molecule has 1 heterocycles. The molecule has 17 heavy (non-hydrogen) atoms. The zero-order valence-electron chi connectivity index (χ0n) is 9.84. The molecule has 0 bridgehead atoms. The Morgan fingerprint density at radius 1 is 1.29 bits per heavy atom. The van der Waals surface area contributed by atoms with Gasteiger partial charge < -0.3 is 5.73 Å². The minimum absolute atomic E-state index is 0.169. The number of hydrogen-bond donors (Lipinski definition) is 1. The maximum absolute atomic E-state index is 11.9. The Balaban J connectivity index is 2.65. The summed E-state index contributed by atoms with van der Waals surface area (Å²) in [7, 11) is 0. The molecule has 1 aromatic heterocycles. The van der Waals surface area contributed by atoms with Crippen molar-refractivity contribution >= 4 is 0 Å². The van der Waals surface area contributed by atoms with Crippen molar-refractivity contribution in [3.63, 3.8) is 0 Å². The predicted molar refractivity (Wildman–Crippen MR) is 65.0 cm³/mol. The largest absolute Gasteiger partial charge is 0.355 e. The van der Waals surface area contributed by atoms with Crippen LogP contribution in [-0.4, -0.2) is 14.5 Å². The quantitative estimate of drug-likeness (QED) is 0.824. The summed E-state index contributed by atoms with van der Waals surface area (Å²) in [5, 5.41) is 0. The van der Waals surface area contributed by atoms with Gasteiger partial charge in [0.25, 0.3) is 0 Å². The highest BCUT2D eigenvalue weighted by molar-refractivity contribution is 5.46. The van der Waals surface area contributed by atoms with E-state index in [1.165, 1.54) is 10.9 Å². The Bertz CT molecular complexity index is 583. The maximum Gasteiger partial charge on any atom is 0.355 e. The Kier molecular flexibility index (Phi) is 3.01. The fraction of sp³-hybridized carbons (Fsp3) is 0.250. The molecule has 0 unspecified atom stereocenters. The molecule has 2 aromatic rings. The van der Waals surface area contributed by atoms with Gasteiger partial charge in [0.2, 0.25) is 0 Å². The minimum Gasteiger partial charge on any atom is -0.324 e. The number of nitrogens with two attached hydrogens (primary N) is 1. The van der Waals surface area contributed by atoms with Crippen molar-refractivity contribution in [2.45, 2.75) is 20.4 Å². The van der Waals surface area contributed by atoms with E-state index in [1.54, 1.807) is 0 Å². The van der Waals surface area contributed by atoms with Gasteiger partial charge in [0.05, 0.1) is 12.2 Å². The Morgan fingerprint density at radius 2 is 1.94 bits per heavy atom. The first kappa shape index (κ1) is 11.5. The van der Waals surface area contributed by atoms with Crippen molar-refractivity contribution in [1.82, 2.24) is 14.5 Å². The average Bonchev–Trinajstić information content (AvgIpc) is 2.30. The first-order valence-corrected chi connectivity index (χ1v) is 5.34. The van der Waals surface area contributed by atoms with Crippen LogP contribution >= 0.6 is 0 Å². The van der Waals surface area contributed by atoms with E-state index in [1.807, 2.05) is 32.0 Å². The Morgan fingerprint density at radius 3 is 2.47 bits per heavy atom. The second-order valence-corrected chi connectivity index (χ2v) is 3.87. The SMILES string of the molecule is Cc1cccc(C)c1-n1cnc(CN)nc1=O. The van der Waals surface area contributed by atoms with Crippen LogP contribution in [0, 0.1) is 13.8 Å². The topological polar surface area (TPSA) is 73.8 Å². The zero-order valence-corrected chi connectivity index (χ0v) is 9.84. The Hall–Kier alpha value is -2.01. The van der Waals surface area contributed by atoms with Gasteiger partial charge in [0.1, 0.15) is 12.2 Å². The zero-order chi connectivity index (χ0) is 12.4. The van der Waals surface area contributed by atoms with Gasteiger partial charge >= 0.3 is 5.69 Å². The van der Waals surface area contributed by atoms with Crippen molar-refractivity contribution in [3.05, 3.63) is 52.0 Å². The third-order valence-corrected chi connectivity index (χ3v) is 2.62. The lowest BCUT2D eigenvalue weighted by Gasteiger charge is -2.11. The van der Waals surface area contributed by atoms with Gasteiger partial charge in [-0.3, -0.25) is 4.57 Å². The molecule has 88 valence electrons. The first-order chi connectivity index (χ1) is 8.13. The summed E-state index contributed by atoms with van der Waals surface area (Å²) in [5.41, 5.74) is 7.90. The van der Waals surface area contributed by atoms with Crippen LogP contribution in [0.2, 0.25) is 0 Å². The van der Waals surface area contributed by atoms with Crippen molar-refractivity contribution in [2.75, 3.05) is 0 Å². The molecule has 5 nitrogen and oxygen atoms in total. The molecule has 0 saturated carbocycles. The molecule has 2 rings (SSSR count). The molecular weight excluding hydrogens is 216 g/mol. The molecule has 5 heteroatoms. The van der Waals surface area contributed by atoms with Gasteiger partial charge in [-0.15, -0.1) is 0 Å². The van der Waals surface area contributed by atoms with Gasteiger partial charge in [0.15, 0.2) is 0 Å². The first-order valence-electron chi connectivity index (χ1n) is 5.34. The highest BCUT2D eigenvalue weighted by Gasteiger charge is 2.08. The van der Waals surface area contributed by atoms with E-state index in [-0.39, 0.29) is 12.2 Å².